The third-order valence-corrected chi connectivity index (χ3v) is 8.10. The molecule has 11 heteroatoms. The van der Waals surface area contributed by atoms with Gasteiger partial charge in [-0.25, -0.2) is 28.1 Å². The summed E-state index contributed by atoms with van der Waals surface area (Å²) < 4.78 is 35.4. The van der Waals surface area contributed by atoms with Gasteiger partial charge in [0.2, 0.25) is 10.0 Å². The molecule has 0 fully saturated rings. The molecule has 164 valence electrons. The van der Waals surface area contributed by atoms with Crippen molar-refractivity contribution >= 4 is 42.7 Å². The number of aromatic nitrogens is 5. The van der Waals surface area contributed by atoms with E-state index in [0.29, 0.717) is 5.69 Å². The molecule has 0 spiro atoms. The van der Waals surface area contributed by atoms with Crippen molar-refractivity contribution in [3.63, 3.8) is 0 Å². The van der Waals surface area contributed by atoms with Crippen LogP contribution in [0, 0.1) is 13.8 Å². The van der Waals surface area contributed by atoms with Gasteiger partial charge in [-0.15, -0.1) is 0 Å². The Morgan fingerprint density at radius 3 is 2.78 bits per heavy atom. The maximum Gasteiger partial charge on any atom is 0.246 e. The minimum Gasteiger partial charge on any atom is -0.360 e. The lowest BCUT2D eigenvalue weighted by molar-refractivity contribution is 0.390. The molecule has 5 rings (SSSR count). The molecule has 1 atom stereocenters. The first-order valence-corrected chi connectivity index (χ1v) is 12.2. The molecule has 1 N–H and O–H groups in total. The summed E-state index contributed by atoms with van der Waals surface area (Å²) in [4.78, 5) is 14.6. The van der Waals surface area contributed by atoms with Crippen molar-refractivity contribution in [3.05, 3.63) is 53.8 Å². The molecule has 1 aromatic carbocycles. The Balaban J connectivity index is 1.50. The molecule has 9 nitrogen and oxygen atoms in total. The summed E-state index contributed by atoms with van der Waals surface area (Å²) in [6.45, 7) is 4.99. The van der Waals surface area contributed by atoms with Gasteiger partial charge in [0, 0.05) is 18.7 Å². The zero-order valence-electron chi connectivity index (χ0n) is 17.8. The van der Waals surface area contributed by atoms with Gasteiger partial charge in [0.1, 0.15) is 31.5 Å². The summed E-state index contributed by atoms with van der Waals surface area (Å²) in [7, 11) is -1.85. The van der Waals surface area contributed by atoms with Gasteiger partial charge in [-0.3, -0.25) is 0 Å². The molecule has 0 aliphatic carbocycles. The van der Waals surface area contributed by atoms with Crippen molar-refractivity contribution < 1.29 is 12.9 Å². The molecule has 5 aromatic rings. The van der Waals surface area contributed by atoms with Crippen molar-refractivity contribution in [2.24, 2.45) is 7.05 Å². The van der Waals surface area contributed by atoms with E-state index in [1.165, 1.54) is 11.3 Å². The summed E-state index contributed by atoms with van der Waals surface area (Å²) >= 11 is 1.49. The number of nitrogens with one attached hydrogen (secondary N) is 1. The SMILES string of the molecule is Cc1noc(C)c1S(=O)(=O)N[C@@H](C)c1cccc(-c2nc3c(ncc4ncn(C)c43)s2)c1. The zero-order chi connectivity index (χ0) is 22.6. The highest BCUT2D eigenvalue weighted by molar-refractivity contribution is 7.89. The summed E-state index contributed by atoms with van der Waals surface area (Å²) in [5, 5.41) is 4.56. The van der Waals surface area contributed by atoms with E-state index in [1.54, 1.807) is 33.3 Å². The monoisotopic (exact) mass is 468 g/mol. The Bertz CT molecular complexity index is 1560. The molecule has 0 amide bonds. The van der Waals surface area contributed by atoms with Crippen LogP contribution in [-0.2, 0) is 17.1 Å². The van der Waals surface area contributed by atoms with E-state index in [9.17, 15) is 8.42 Å². The Morgan fingerprint density at radius 1 is 1.22 bits per heavy atom. The molecule has 0 aliphatic heterocycles. The van der Waals surface area contributed by atoms with Crippen LogP contribution >= 0.6 is 11.3 Å². The lowest BCUT2D eigenvalue weighted by Crippen LogP contribution is -2.27. The Morgan fingerprint density at radius 2 is 2.03 bits per heavy atom. The second kappa shape index (κ2) is 7.47. The fourth-order valence-corrected chi connectivity index (χ4v) is 6.26. The zero-order valence-corrected chi connectivity index (χ0v) is 19.5. The normalized spacial score (nSPS) is 13.2. The van der Waals surface area contributed by atoms with E-state index in [1.807, 2.05) is 35.9 Å². The number of thiazole rings is 1. The van der Waals surface area contributed by atoms with Crippen LogP contribution in [0.15, 0.2) is 46.2 Å². The summed E-state index contributed by atoms with van der Waals surface area (Å²) in [5.41, 5.74) is 4.58. The van der Waals surface area contributed by atoms with Crippen molar-refractivity contribution in [2.45, 2.75) is 31.7 Å². The number of rotatable bonds is 5. The highest BCUT2D eigenvalue weighted by Crippen LogP contribution is 2.33. The third-order valence-electron chi connectivity index (χ3n) is 5.31. The Hall–Kier alpha value is -3.15. The standard InChI is InChI=1S/C21H20N6O3S2/c1-11(26-32(28,29)19-12(2)25-30-13(19)3)14-6-5-7-15(8-14)20-24-17-18-16(23-10-27(18)4)9-22-21(17)31-20/h5-11,26H,1-4H3/t11-/m0/s1. The highest BCUT2D eigenvalue weighted by atomic mass is 32.2. The number of pyridine rings is 1. The molecule has 4 aromatic heterocycles. The highest BCUT2D eigenvalue weighted by Gasteiger charge is 2.26. The van der Waals surface area contributed by atoms with Crippen LogP contribution < -0.4 is 4.72 Å². The van der Waals surface area contributed by atoms with Crippen molar-refractivity contribution in [1.82, 2.24) is 29.4 Å². The fourth-order valence-electron chi connectivity index (χ4n) is 3.79. The van der Waals surface area contributed by atoms with Gasteiger partial charge >= 0.3 is 0 Å². The molecule has 32 heavy (non-hydrogen) atoms. The molecule has 0 saturated heterocycles. The lowest BCUT2D eigenvalue weighted by Gasteiger charge is -2.15. The van der Waals surface area contributed by atoms with E-state index < -0.39 is 16.1 Å². The van der Waals surface area contributed by atoms with Gasteiger partial charge in [-0.05, 0) is 32.4 Å². The number of benzene rings is 1. The summed E-state index contributed by atoms with van der Waals surface area (Å²) in [6, 6.07) is 7.21. The van der Waals surface area contributed by atoms with Crippen LogP contribution in [0.3, 0.4) is 0 Å². The van der Waals surface area contributed by atoms with Gasteiger partial charge in [0.05, 0.1) is 18.0 Å². The van der Waals surface area contributed by atoms with E-state index >= 15 is 0 Å². The number of nitrogens with zero attached hydrogens (tertiary/aromatic N) is 5. The van der Waals surface area contributed by atoms with Crippen molar-refractivity contribution in [2.75, 3.05) is 0 Å². The largest absolute Gasteiger partial charge is 0.360 e. The first-order valence-electron chi connectivity index (χ1n) is 9.86. The summed E-state index contributed by atoms with van der Waals surface area (Å²) in [5.74, 6) is 0.263. The second-order valence-corrected chi connectivity index (χ2v) is 10.3. The predicted molar refractivity (Wildman–Crippen MR) is 122 cm³/mol. The van der Waals surface area contributed by atoms with Crippen molar-refractivity contribution in [1.29, 1.82) is 0 Å². The maximum absolute atomic E-state index is 12.9. The van der Waals surface area contributed by atoms with Gasteiger partial charge in [0.15, 0.2) is 5.76 Å². The molecule has 0 aliphatic rings. The van der Waals surface area contributed by atoms with Crippen molar-refractivity contribution in [3.8, 4) is 10.6 Å². The minimum atomic E-state index is -3.79. The molecular formula is C21H20N6O3S2. The van der Waals surface area contributed by atoms with Gasteiger partial charge in [-0.2, -0.15) is 0 Å². The molecule has 4 heterocycles. The van der Waals surface area contributed by atoms with Gasteiger partial charge in [0.25, 0.3) is 0 Å². The predicted octanol–water partition coefficient (Wildman–Crippen LogP) is 3.89. The minimum absolute atomic E-state index is 0.0814. The molecule has 0 bridgehead atoms. The van der Waals surface area contributed by atoms with Crippen LogP contribution in [0.1, 0.15) is 30.0 Å². The first-order chi connectivity index (χ1) is 15.2. The van der Waals surface area contributed by atoms with Crippen LogP contribution in [0.25, 0.3) is 32.0 Å². The van der Waals surface area contributed by atoms with E-state index in [-0.39, 0.29) is 10.7 Å². The van der Waals surface area contributed by atoms with Crippen LogP contribution in [0.5, 0.6) is 0 Å². The number of hydrogen-bond donors (Lipinski definition) is 1. The topological polar surface area (TPSA) is 116 Å². The van der Waals surface area contributed by atoms with Gasteiger partial charge in [-0.1, -0.05) is 34.7 Å². The smallest absolute Gasteiger partial charge is 0.246 e. The quantitative estimate of drug-likeness (QED) is 0.416. The van der Waals surface area contributed by atoms with Gasteiger partial charge < -0.3 is 9.09 Å². The molecular weight excluding hydrogens is 448 g/mol. The third kappa shape index (κ3) is 3.38. The number of fused-ring (bicyclic) bond motifs is 3. The van der Waals surface area contributed by atoms with Crippen LogP contribution in [0.4, 0.5) is 0 Å². The fraction of sp³-hybridized carbons (Fsp3) is 0.238. The lowest BCUT2D eigenvalue weighted by atomic mass is 10.1. The van der Waals surface area contributed by atoms with E-state index in [4.69, 9.17) is 9.51 Å². The number of imidazole rings is 1. The first kappa shape index (κ1) is 20.7. The molecule has 0 saturated carbocycles. The summed E-state index contributed by atoms with van der Waals surface area (Å²) in [6.07, 6.45) is 3.50. The number of hydrogen-bond acceptors (Lipinski definition) is 8. The Kier molecular flexibility index (Phi) is 4.84. The number of sulfonamides is 1. The van der Waals surface area contributed by atoms with Crippen LogP contribution in [-0.4, -0.2) is 33.1 Å². The van der Waals surface area contributed by atoms with Crippen LogP contribution in [0.2, 0.25) is 0 Å². The second-order valence-electron chi connectivity index (χ2n) is 7.64. The molecule has 0 radical (unpaired) electrons. The average molecular weight is 469 g/mol. The van der Waals surface area contributed by atoms with E-state index in [0.717, 1.165) is 37.5 Å². The number of aryl methyl sites for hydroxylation is 3. The Labute approximate surface area is 188 Å². The van der Waals surface area contributed by atoms with E-state index in [2.05, 4.69) is 19.8 Å². The average Bonchev–Trinajstić information content (AvgIpc) is 3.44. The molecule has 0 unspecified atom stereocenters. The maximum atomic E-state index is 12.9.